The number of nitrogens with one attached hydrogen (secondary N) is 1. The second-order valence-electron chi connectivity index (χ2n) is 3.37. The minimum absolute atomic E-state index is 0.481. The van der Waals surface area contributed by atoms with Crippen molar-refractivity contribution in [3.05, 3.63) is 24.3 Å². The Morgan fingerprint density at radius 1 is 1.18 bits per heavy atom. The average Bonchev–Trinajstić information content (AvgIpc) is 2.18. The summed E-state index contributed by atoms with van der Waals surface area (Å²) in [5, 5.41) is 20.2. The predicted molar refractivity (Wildman–Crippen MR) is 60.5 cm³/mol. The SMILES string of the molecule is CC(O)OC(=O)Nc1ccc(OC(C)O)cc1. The fourth-order valence-electron chi connectivity index (χ4n) is 1.12. The van der Waals surface area contributed by atoms with E-state index in [0.29, 0.717) is 11.4 Å². The van der Waals surface area contributed by atoms with Crippen molar-refractivity contribution in [3.8, 4) is 5.75 Å². The highest BCUT2D eigenvalue weighted by Gasteiger charge is 2.06. The number of anilines is 1. The van der Waals surface area contributed by atoms with Crippen LogP contribution in [0.1, 0.15) is 13.8 Å². The number of carbonyl (C=O) groups excluding carboxylic acids is 1. The van der Waals surface area contributed by atoms with Gasteiger partial charge in [0.25, 0.3) is 0 Å². The highest BCUT2D eigenvalue weighted by Crippen LogP contribution is 2.16. The monoisotopic (exact) mass is 241 g/mol. The zero-order valence-corrected chi connectivity index (χ0v) is 9.58. The van der Waals surface area contributed by atoms with E-state index < -0.39 is 18.7 Å². The van der Waals surface area contributed by atoms with E-state index in [1.54, 1.807) is 24.3 Å². The average molecular weight is 241 g/mol. The van der Waals surface area contributed by atoms with Crippen LogP contribution in [0.2, 0.25) is 0 Å². The van der Waals surface area contributed by atoms with Crippen molar-refractivity contribution >= 4 is 11.8 Å². The Balaban J connectivity index is 2.53. The Morgan fingerprint density at radius 3 is 2.24 bits per heavy atom. The van der Waals surface area contributed by atoms with Crippen molar-refractivity contribution in [2.45, 2.75) is 26.4 Å². The minimum Gasteiger partial charge on any atom is -0.465 e. The molecule has 0 saturated carbocycles. The van der Waals surface area contributed by atoms with Gasteiger partial charge < -0.3 is 19.7 Å². The third kappa shape index (κ3) is 5.19. The first kappa shape index (κ1) is 13.3. The maximum absolute atomic E-state index is 11.1. The Bertz CT molecular complexity index is 361. The van der Waals surface area contributed by atoms with E-state index in [4.69, 9.17) is 14.9 Å². The van der Waals surface area contributed by atoms with Crippen molar-refractivity contribution in [2.24, 2.45) is 0 Å². The van der Waals surface area contributed by atoms with Gasteiger partial charge in [-0.25, -0.2) is 4.79 Å². The molecule has 17 heavy (non-hydrogen) atoms. The van der Waals surface area contributed by atoms with Crippen LogP contribution in [0, 0.1) is 0 Å². The molecule has 0 aromatic heterocycles. The van der Waals surface area contributed by atoms with Crippen LogP contribution < -0.4 is 10.1 Å². The first-order valence-electron chi connectivity index (χ1n) is 5.08. The molecule has 0 aliphatic heterocycles. The zero-order valence-electron chi connectivity index (χ0n) is 9.58. The van der Waals surface area contributed by atoms with Gasteiger partial charge in [-0.05, 0) is 38.1 Å². The summed E-state index contributed by atoms with van der Waals surface area (Å²) in [6.07, 6.45) is -2.80. The van der Waals surface area contributed by atoms with Gasteiger partial charge in [0.15, 0.2) is 12.6 Å². The van der Waals surface area contributed by atoms with E-state index >= 15 is 0 Å². The Labute approximate surface area is 98.8 Å². The molecule has 0 saturated heterocycles. The second kappa shape index (κ2) is 6.07. The number of rotatable bonds is 4. The van der Waals surface area contributed by atoms with Gasteiger partial charge in [-0.15, -0.1) is 0 Å². The maximum atomic E-state index is 11.1. The van der Waals surface area contributed by atoms with Gasteiger partial charge in [-0.3, -0.25) is 5.32 Å². The van der Waals surface area contributed by atoms with Gasteiger partial charge in [-0.2, -0.15) is 0 Å². The molecule has 0 radical (unpaired) electrons. The zero-order chi connectivity index (χ0) is 12.8. The standard InChI is InChI=1S/C11H15NO5/c1-7(13)16-10-5-3-9(4-6-10)12-11(15)17-8(2)14/h3-8,13-14H,1-2H3,(H,12,15). The molecule has 94 valence electrons. The molecule has 0 heterocycles. The number of carbonyl (C=O) groups is 1. The van der Waals surface area contributed by atoms with Crippen molar-refractivity contribution in [1.29, 1.82) is 0 Å². The summed E-state index contributed by atoms with van der Waals surface area (Å²) in [4.78, 5) is 11.1. The number of aliphatic hydroxyl groups excluding tert-OH is 2. The summed E-state index contributed by atoms with van der Waals surface area (Å²) < 4.78 is 9.49. The molecule has 2 atom stereocenters. The van der Waals surface area contributed by atoms with Crippen LogP contribution in [0.15, 0.2) is 24.3 Å². The number of ether oxygens (including phenoxy) is 2. The first-order chi connectivity index (χ1) is 7.97. The number of hydrogen-bond donors (Lipinski definition) is 3. The maximum Gasteiger partial charge on any atom is 0.413 e. The predicted octanol–water partition coefficient (Wildman–Crippen LogP) is 1.29. The largest absolute Gasteiger partial charge is 0.465 e. The highest BCUT2D eigenvalue weighted by molar-refractivity contribution is 5.84. The molecule has 1 aromatic rings. The number of hydrogen-bond acceptors (Lipinski definition) is 5. The van der Waals surface area contributed by atoms with Crippen molar-refractivity contribution in [3.63, 3.8) is 0 Å². The Hall–Kier alpha value is -1.79. The molecule has 0 fully saturated rings. The van der Waals surface area contributed by atoms with Crippen LogP contribution in [0.5, 0.6) is 5.75 Å². The molecular formula is C11H15NO5. The molecule has 6 nitrogen and oxygen atoms in total. The summed E-state index contributed by atoms with van der Waals surface area (Å²) in [5.41, 5.74) is 0.494. The van der Waals surface area contributed by atoms with Crippen LogP contribution in [-0.4, -0.2) is 28.9 Å². The third-order valence-corrected chi connectivity index (χ3v) is 1.68. The molecule has 0 aliphatic rings. The third-order valence-electron chi connectivity index (χ3n) is 1.68. The molecule has 1 rings (SSSR count). The highest BCUT2D eigenvalue weighted by atomic mass is 16.6. The van der Waals surface area contributed by atoms with E-state index in [1.165, 1.54) is 13.8 Å². The quantitative estimate of drug-likeness (QED) is 0.691. The summed E-state index contributed by atoms with van der Waals surface area (Å²) in [6.45, 7) is 2.82. The lowest BCUT2D eigenvalue weighted by molar-refractivity contribution is -0.0314. The molecule has 6 heteroatoms. The van der Waals surface area contributed by atoms with Crippen molar-refractivity contribution in [1.82, 2.24) is 0 Å². The van der Waals surface area contributed by atoms with Crippen LogP contribution in [0.25, 0.3) is 0 Å². The second-order valence-corrected chi connectivity index (χ2v) is 3.37. The van der Waals surface area contributed by atoms with E-state index in [1.807, 2.05) is 0 Å². The molecule has 1 amide bonds. The fraction of sp³-hybridized carbons (Fsp3) is 0.364. The lowest BCUT2D eigenvalue weighted by Crippen LogP contribution is -2.19. The van der Waals surface area contributed by atoms with Crippen LogP contribution >= 0.6 is 0 Å². The molecule has 0 bridgehead atoms. The fourth-order valence-corrected chi connectivity index (χ4v) is 1.12. The number of amides is 1. The van der Waals surface area contributed by atoms with Crippen LogP contribution in [-0.2, 0) is 4.74 Å². The van der Waals surface area contributed by atoms with Gasteiger partial charge >= 0.3 is 6.09 Å². The lowest BCUT2D eigenvalue weighted by Gasteiger charge is -2.10. The van der Waals surface area contributed by atoms with E-state index in [-0.39, 0.29) is 0 Å². The summed E-state index contributed by atoms with van der Waals surface area (Å²) in [7, 11) is 0. The molecule has 2 unspecified atom stereocenters. The summed E-state index contributed by atoms with van der Waals surface area (Å²) in [5.74, 6) is 0.481. The van der Waals surface area contributed by atoms with Crippen molar-refractivity contribution in [2.75, 3.05) is 5.32 Å². The van der Waals surface area contributed by atoms with Crippen LogP contribution in [0.3, 0.4) is 0 Å². The Morgan fingerprint density at radius 2 is 1.76 bits per heavy atom. The first-order valence-corrected chi connectivity index (χ1v) is 5.08. The van der Waals surface area contributed by atoms with Crippen molar-refractivity contribution < 1.29 is 24.5 Å². The van der Waals surface area contributed by atoms with E-state index in [2.05, 4.69) is 10.1 Å². The summed E-state index contributed by atoms with van der Waals surface area (Å²) >= 11 is 0. The lowest BCUT2D eigenvalue weighted by atomic mass is 10.3. The number of benzene rings is 1. The molecule has 0 aliphatic carbocycles. The normalized spacial score (nSPS) is 13.6. The molecule has 1 aromatic carbocycles. The molecule has 0 spiro atoms. The topological polar surface area (TPSA) is 88.0 Å². The molecule has 3 N–H and O–H groups in total. The smallest absolute Gasteiger partial charge is 0.413 e. The van der Waals surface area contributed by atoms with Gasteiger partial charge in [0.05, 0.1) is 0 Å². The minimum atomic E-state index is -1.16. The van der Waals surface area contributed by atoms with Gasteiger partial charge in [-0.1, -0.05) is 0 Å². The summed E-state index contributed by atoms with van der Waals surface area (Å²) in [6, 6.07) is 6.34. The van der Waals surface area contributed by atoms with E-state index in [9.17, 15) is 4.79 Å². The van der Waals surface area contributed by atoms with Crippen LogP contribution in [0.4, 0.5) is 10.5 Å². The Kier molecular flexibility index (Phi) is 4.74. The van der Waals surface area contributed by atoms with Gasteiger partial charge in [0, 0.05) is 5.69 Å². The number of aliphatic hydroxyl groups is 2. The van der Waals surface area contributed by atoms with Gasteiger partial charge in [0.1, 0.15) is 5.75 Å². The van der Waals surface area contributed by atoms with E-state index in [0.717, 1.165) is 0 Å². The molecular weight excluding hydrogens is 226 g/mol. The van der Waals surface area contributed by atoms with Gasteiger partial charge in [0.2, 0.25) is 0 Å².